The highest BCUT2D eigenvalue weighted by Gasteiger charge is 2.15. The number of amides is 1. The number of benzene rings is 1. The van der Waals surface area contributed by atoms with Gasteiger partial charge in [-0.1, -0.05) is 18.2 Å². The summed E-state index contributed by atoms with van der Waals surface area (Å²) in [6.07, 6.45) is 1.76. The molecule has 8 heteroatoms. The van der Waals surface area contributed by atoms with Crippen LogP contribution in [0, 0.1) is 0 Å². The average Bonchev–Trinajstić information content (AvgIpc) is 3.31. The minimum atomic E-state index is -0.465. The molecule has 0 aliphatic carbocycles. The molecule has 4 rings (SSSR count). The van der Waals surface area contributed by atoms with E-state index in [0.29, 0.717) is 27.7 Å². The summed E-state index contributed by atoms with van der Waals surface area (Å²) >= 11 is 1.24. The molecule has 27 heavy (non-hydrogen) atoms. The van der Waals surface area contributed by atoms with E-state index in [9.17, 15) is 9.59 Å². The highest BCUT2D eigenvalue weighted by atomic mass is 32.1. The third-order valence-electron chi connectivity index (χ3n) is 4.01. The van der Waals surface area contributed by atoms with Crippen molar-refractivity contribution >= 4 is 33.3 Å². The highest BCUT2D eigenvalue weighted by molar-refractivity contribution is 7.14. The second-order valence-corrected chi connectivity index (χ2v) is 7.11. The minimum absolute atomic E-state index is 0.171. The Balaban J connectivity index is 1.59. The fourth-order valence-electron chi connectivity index (χ4n) is 2.60. The molecule has 0 fully saturated rings. The minimum Gasteiger partial charge on any atom is -0.422 e. The summed E-state index contributed by atoms with van der Waals surface area (Å²) in [6.45, 7) is 3.97. The number of aromatic nitrogens is 3. The zero-order chi connectivity index (χ0) is 19.0. The van der Waals surface area contributed by atoms with E-state index in [2.05, 4.69) is 15.4 Å². The smallest absolute Gasteiger partial charge is 0.345 e. The lowest BCUT2D eigenvalue weighted by Gasteiger charge is -2.03. The van der Waals surface area contributed by atoms with E-state index in [4.69, 9.17) is 4.42 Å². The van der Waals surface area contributed by atoms with E-state index >= 15 is 0 Å². The monoisotopic (exact) mass is 380 g/mol. The number of nitrogens with one attached hydrogen (secondary N) is 1. The number of hydrogen-bond donors (Lipinski definition) is 1. The molecule has 0 saturated heterocycles. The lowest BCUT2D eigenvalue weighted by Crippen LogP contribution is -2.13. The molecule has 1 N–H and O–H groups in total. The largest absolute Gasteiger partial charge is 0.422 e. The molecule has 4 aromatic rings. The van der Waals surface area contributed by atoms with Crippen molar-refractivity contribution in [3.8, 4) is 11.3 Å². The molecule has 3 heterocycles. The van der Waals surface area contributed by atoms with E-state index in [-0.39, 0.29) is 11.9 Å². The van der Waals surface area contributed by atoms with Gasteiger partial charge < -0.3 is 4.42 Å². The maximum Gasteiger partial charge on any atom is 0.345 e. The molecule has 0 aliphatic rings. The summed E-state index contributed by atoms with van der Waals surface area (Å²) in [5.74, 6) is -0.346. The third kappa shape index (κ3) is 3.39. The zero-order valence-corrected chi connectivity index (χ0v) is 15.5. The Morgan fingerprint density at radius 3 is 2.85 bits per heavy atom. The summed E-state index contributed by atoms with van der Waals surface area (Å²) in [7, 11) is 0. The molecule has 0 bridgehead atoms. The fourth-order valence-corrected chi connectivity index (χ4v) is 3.31. The van der Waals surface area contributed by atoms with E-state index < -0.39 is 5.63 Å². The first-order chi connectivity index (χ1) is 13.0. The first-order valence-electron chi connectivity index (χ1n) is 8.36. The van der Waals surface area contributed by atoms with E-state index in [1.165, 1.54) is 11.3 Å². The summed E-state index contributed by atoms with van der Waals surface area (Å²) in [5.41, 5.74) is 1.19. The lowest BCUT2D eigenvalue weighted by atomic mass is 10.1. The summed E-state index contributed by atoms with van der Waals surface area (Å²) < 4.78 is 7.05. The van der Waals surface area contributed by atoms with Crippen LogP contribution in [0.5, 0.6) is 0 Å². The number of rotatable bonds is 4. The number of fused-ring (bicyclic) bond motifs is 1. The molecule has 136 valence electrons. The Labute approximate surface area is 158 Å². The molecule has 0 spiro atoms. The van der Waals surface area contributed by atoms with Gasteiger partial charge in [0.1, 0.15) is 5.58 Å². The van der Waals surface area contributed by atoms with Crippen LogP contribution in [0.1, 0.15) is 30.4 Å². The molecule has 0 aliphatic heterocycles. The summed E-state index contributed by atoms with van der Waals surface area (Å²) in [6, 6.07) is 10.8. The van der Waals surface area contributed by atoms with Crippen LogP contribution in [0.4, 0.5) is 5.13 Å². The van der Waals surface area contributed by atoms with Gasteiger partial charge in [0, 0.05) is 23.0 Å². The molecular formula is C19H16N4O3S. The van der Waals surface area contributed by atoms with Crippen LogP contribution in [0.25, 0.3) is 22.2 Å². The molecule has 0 radical (unpaired) electrons. The van der Waals surface area contributed by atoms with Gasteiger partial charge in [0.25, 0.3) is 5.91 Å². The van der Waals surface area contributed by atoms with E-state index in [0.717, 1.165) is 5.39 Å². The molecule has 7 nitrogen and oxygen atoms in total. The van der Waals surface area contributed by atoms with Gasteiger partial charge in [-0.05, 0) is 32.0 Å². The Kier molecular flexibility index (Phi) is 4.33. The summed E-state index contributed by atoms with van der Waals surface area (Å²) in [4.78, 5) is 28.9. The molecule has 0 saturated carbocycles. The van der Waals surface area contributed by atoms with Gasteiger partial charge >= 0.3 is 5.63 Å². The zero-order valence-electron chi connectivity index (χ0n) is 14.7. The molecule has 1 aromatic carbocycles. The van der Waals surface area contributed by atoms with Crippen LogP contribution in [-0.4, -0.2) is 20.7 Å². The first kappa shape index (κ1) is 17.2. The Hall–Kier alpha value is -3.26. The van der Waals surface area contributed by atoms with Crippen molar-refractivity contribution in [2.24, 2.45) is 0 Å². The number of carbonyl (C=O) groups excluding carboxylic acids is 1. The van der Waals surface area contributed by atoms with Gasteiger partial charge in [0.15, 0.2) is 10.8 Å². The van der Waals surface area contributed by atoms with Crippen LogP contribution < -0.4 is 10.9 Å². The average molecular weight is 380 g/mol. The van der Waals surface area contributed by atoms with Crippen molar-refractivity contribution in [3.63, 3.8) is 0 Å². The standard InChI is InChI=1S/C19H16N4O3S/c1-11(2)23-8-7-14(22-23)17(24)21-19-20-15(10-27-19)13-9-12-5-3-4-6-16(12)26-18(13)25/h3-11H,1-2H3,(H,20,21,24). The van der Waals surface area contributed by atoms with Gasteiger partial charge in [-0.25, -0.2) is 9.78 Å². The molecule has 3 aromatic heterocycles. The summed E-state index contributed by atoms with van der Waals surface area (Å²) in [5, 5.41) is 9.86. The quantitative estimate of drug-likeness (QED) is 0.542. The number of hydrogen-bond acceptors (Lipinski definition) is 6. The molecule has 1 amide bonds. The van der Waals surface area contributed by atoms with Gasteiger partial charge in [-0.3, -0.25) is 14.8 Å². The predicted octanol–water partition coefficient (Wildman–Crippen LogP) is 3.95. The van der Waals surface area contributed by atoms with Crippen LogP contribution in [0.15, 0.2) is 57.2 Å². The highest BCUT2D eigenvalue weighted by Crippen LogP contribution is 2.25. The first-order valence-corrected chi connectivity index (χ1v) is 9.24. The normalized spacial score (nSPS) is 11.2. The van der Waals surface area contributed by atoms with Crippen molar-refractivity contribution in [2.75, 3.05) is 5.32 Å². The number of thiazole rings is 1. The van der Waals surface area contributed by atoms with Crippen LogP contribution in [0.3, 0.4) is 0 Å². The lowest BCUT2D eigenvalue weighted by molar-refractivity contribution is 0.102. The maximum atomic E-state index is 12.3. The van der Waals surface area contributed by atoms with Crippen LogP contribution >= 0.6 is 11.3 Å². The van der Waals surface area contributed by atoms with Crippen LogP contribution in [0.2, 0.25) is 0 Å². The van der Waals surface area contributed by atoms with Crippen LogP contribution in [-0.2, 0) is 0 Å². The third-order valence-corrected chi connectivity index (χ3v) is 4.77. The number of nitrogens with zero attached hydrogens (tertiary/aromatic N) is 3. The maximum absolute atomic E-state index is 12.3. The van der Waals surface area contributed by atoms with Crippen molar-refractivity contribution in [3.05, 3.63) is 64.1 Å². The second-order valence-electron chi connectivity index (χ2n) is 6.25. The molecule has 0 unspecified atom stereocenters. The van der Waals surface area contributed by atoms with Crippen molar-refractivity contribution < 1.29 is 9.21 Å². The Morgan fingerprint density at radius 1 is 1.26 bits per heavy atom. The van der Waals surface area contributed by atoms with Crippen molar-refractivity contribution in [2.45, 2.75) is 19.9 Å². The molecule has 0 atom stereocenters. The second kappa shape index (κ2) is 6.81. The number of carbonyl (C=O) groups is 1. The Morgan fingerprint density at radius 2 is 2.07 bits per heavy atom. The number of anilines is 1. The van der Waals surface area contributed by atoms with E-state index in [1.54, 1.807) is 34.5 Å². The fraction of sp³-hybridized carbons (Fsp3) is 0.158. The van der Waals surface area contributed by atoms with Gasteiger partial charge in [-0.2, -0.15) is 5.10 Å². The molecular weight excluding hydrogens is 364 g/mol. The SMILES string of the molecule is CC(C)n1ccc(C(=O)Nc2nc(-c3cc4ccccc4oc3=O)cs2)n1. The predicted molar refractivity (Wildman–Crippen MR) is 104 cm³/mol. The van der Waals surface area contributed by atoms with Gasteiger partial charge in [-0.15, -0.1) is 11.3 Å². The van der Waals surface area contributed by atoms with E-state index in [1.807, 2.05) is 32.0 Å². The van der Waals surface area contributed by atoms with Crippen molar-refractivity contribution in [1.29, 1.82) is 0 Å². The van der Waals surface area contributed by atoms with Crippen molar-refractivity contribution in [1.82, 2.24) is 14.8 Å². The number of para-hydroxylation sites is 1. The van der Waals surface area contributed by atoms with Gasteiger partial charge in [0.2, 0.25) is 0 Å². The van der Waals surface area contributed by atoms with Gasteiger partial charge in [0.05, 0.1) is 11.3 Å². The topological polar surface area (TPSA) is 90.0 Å². The Bertz CT molecular complexity index is 1190.